The van der Waals surface area contributed by atoms with Crippen LogP contribution in [0.3, 0.4) is 0 Å². The number of benzene rings is 1. The lowest BCUT2D eigenvalue weighted by Crippen LogP contribution is -2.47. The molecule has 138 valence electrons. The number of hydrogen-bond acceptors (Lipinski definition) is 3. The maximum Gasteiger partial charge on any atom is 0.315 e. The molecule has 0 spiro atoms. The van der Waals surface area contributed by atoms with Gasteiger partial charge in [-0.15, -0.1) is 0 Å². The largest absolute Gasteiger partial charge is 0.341 e. The van der Waals surface area contributed by atoms with Crippen molar-refractivity contribution in [2.45, 2.75) is 45.2 Å². The predicted octanol–water partition coefficient (Wildman–Crippen LogP) is 2.93. The summed E-state index contributed by atoms with van der Waals surface area (Å²) in [6.07, 6.45) is 5.56. The molecule has 25 heavy (non-hydrogen) atoms. The molecule has 1 aromatic rings. The van der Waals surface area contributed by atoms with Gasteiger partial charge in [0.25, 0.3) is 0 Å². The van der Waals surface area contributed by atoms with Crippen molar-refractivity contribution >= 4 is 23.7 Å². The molecule has 0 radical (unpaired) electrons. The van der Waals surface area contributed by atoms with Crippen LogP contribution in [0.5, 0.6) is 0 Å². The minimum absolute atomic E-state index is 0.0266. The summed E-state index contributed by atoms with van der Waals surface area (Å²) in [5, 5.41) is 5.94. The highest BCUT2D eigenvalue weighted by Crippen LogP contribution is 2.13. The van der Waals surface area contributed by atoms with Crippen molar-refractivity contribution < 1.29 is 9.59 Å². The molecule has 0 bridgehead atoms. The Morgan fingerprint density at radius 1 is 1.24 bits per heavy atom. The normalized spacial score (nSPS) is 17.7. The van der Waals surface area contributed by atoms with Gasteiger partial charge in [-0.25, -0.2) is 4.79 Å². The molecular weight excluding hydrogens is 334 g/mol. The summed E-state index contributed by atoms with van der Waals surface area (Å²) < 4.78 is 0. The number of amides is 3. The molecular formula is C19H29N3O2S. The third kappa shape index (κ3) is 6.98. The van der Waals surface area contributed by atoms with Gasteiger partial charge in [-0.05, 0) is 38.0 Å². The molecule has 1 aliphatic heterocycles. The van der Waals surface area contributed by atoms with E-state index in [-0.39, 0.29) is 18.0 Å². The minimum atomic E-state index is -0.163. The summed E-state index contributed by atoms with van der Waals surface area (Å²) in [7, 11) is 0. The maximum atomic E-state index is 12.3. The quantitative estimate of drug-likeness (QED) is 0.817. The van der Waals surface area contributed by atoms with Crippen LogP contribution in [0.15, 0.2) is 24.3 Å². The topological polar surface area (TPSA) is 61.4 Å². The summed E-state index contributed by atoms with van der Waals surface area (Å²) in [5.74, 6) is 1.05. The van der Waals surface area contributed by atoms with Gasteiger partial charge in [0.1, 0.15) is 0 Å². The number of aryl methyl sites for hydroxylation is 1. The van der Waals surface area contributed by atoms with Crippen molar-refractivity contribution in [1.29, 1.82) is 0 Å². The standard InChI is InChI=1S/C19H29N3O2S/c1-15-6-8-16(9-7-15)13-20-19(24)21-17-5-3-4-11-22(14-17)18(23)10-12-25-2/h6-9,17H,3-5,10-14H2,1-2H3,(H2,20,21,24). The zero-order chi connectivity index (χ0) is 18.1. The molecule has 1 unspecified atom stereocenters. The van der Waals surface area contributed by atoms with E-state index >= 15 is 0 Å². The highest BCUT2D eigenvalue weighted by atomic mass is 32.2. The lowest BCUT2D eigenvalue weighted by atomic mass is 10.1. The lowest BCUT2D eigenvalue weighted by Gasteiger charge is -2.25. The Balaban J connectivity index is 1.79. The molecule has 1 aliphatic rings. The zero-order valence-electron chi connectivity index (χ0n) is 15.2. The average Bonchev–Trinajstić information content (AvgIpc) is 2.85. The van der Waals surface area contributed by atoms with E-state index in [0.717, 1.165) is 37.1 Å². The number of hydrogen-bond donors (Lipinski definition) is 2. The average molecular weight is 364 g/mol. The number of urea groups is 1. The van der Waals surface area contributed by atoms with E-state index in [4.69, 9.17) is 0 Å². The van der Waals surface area contributed by atoms with Crippen LogP contribution in [0, 0.1) is 6.92 Å². The summed E-state index contributed by atoms with van der Waals surface area (Å²) >= 11 is 1.69. The molecule has 6 heteroatoms. The van der Waals surface area contributed by atoms with E-state index in [9.17, 15) is 9.59 Å². The van der Waals surface area contributed by atoms with E-state index in [1.165, 1.54) is 5.56 Å². The second kappa shape index (κ2) is 10.3. The van der Waals surface area contributed by atoms with Gasteiger partial charge >= 0.3 is 6.03 Å². The predicted molar refractivity (Wildman–Crippen MR) is 104 cm³/mol. The maximum absolute atomic E-state index is 12.3. The molecule has 1 heterocycles. The first kappa shape index (κ1) is 19.6. The number of nitrogens with one attached hydrogen (secondary N) is 2. The Morgan fingerprint density at radius 2 is 2.00 bits per heavy atom. The molecule has 5 nitrogen and oxygen atoms in total. The van der Waals surface area contributed by atoms with Gasteiger partial charge in [0.2, 0.25) is 5.91 Å². The van der Waals surface area contributed by atoms with E-state index in [2.05, 4.69) is 10.6 Å². The summed E-state index contributed by atoms with van der Waals surface area (Å²) in [4.78, 5) is 26.4. The molecule has 0 aliphatic carbocycles. The van der Waals surface area contributed by atoms with Crippen LogP contribution in [0.25, 0.3) is 0 Å². The highest BCUT2D eigenvalue weighted by Gasteiger charge is 2.22. The van der Waals surface area contributed by atoms with Gasteiger partial charge in [0.15, 0.2) is 0 Å². The molecule has 0 aromatic heterocycles. The Labute approximate surface area is 154 Å². The first-order valence-corrected chi connectivity index (χ1v) is 10.3. The van der Waals surface area contributed by atoms with Crippen molar-refractivity contribution in [3.05, 3.63) is 35.4 Å². The zero-order valence-corrected chi connectivity index (χ0v) is 16.0. The van der Waals surface area contributed by atoms with Crippen LogP contribution in [0.2, 0.25) is 0 Å². The fourth-order valence-corrected chi connectivity index (χ4v) is 3.34. The van der Waals surface area contributed by atoms with Crippen molar-refractivity contribution in [3.63, 3.8) is 0 Å². The third-order valence-corrected chi connectivity index (χ3v) is 5.07. The van der Waals surface area contributed by atoms with Crippen LogP contribution in [0.4, 0.5) is 4.79 Å². The van der Waals surface area contributed by atoms with Crippen LogP contribution in [-0.4, -0.2) is 48.0 Å². The Kier molecular flexibility index (Phi) is 8.12. The number of likely N-dealkylation sites (tertiary alicyclic amines) is 1. The highest BCUT2D eigenvalue weighted by molar-refractivity contribution is 7.98. The molecule has 3 amide bonds. The second-order valence-corrected chi connectivity index (χ2v) is 7.57. The van der Waals surface area contributed by atoms with Crippen molar-refractivity contribution in [3.8, 4) is 0 Å². The Hall–Kier alpha value is -1.69. The Bertz CT molecular complexity index is 562. The minimum Gasteiger partial charge on any atom is -0.341 e. The number of carbonyl (C=O) groups is 2. The summed E-state index contributed by atoms with van der Waals surface area (Å²) in [6.45, 7) is 3.97. The van der Waals surface area contributed by atoms with Gasteiger partial charge in [0.05, 0.1) is 0 Å². The number of thioether (sulfide) groups is 1. The van der Waals surface area contributed by atoms with Crippen LogP contribution >= 0.6 is 11.8 Å². The number of carbonyl (C=O) groups excluding carboxylic acids is 2. The van der Waals surface area contributed by atoms with E-state index < -0.39 is 0 Å². The van der Waals surface area contributed by atoms with E-state index in [1.54, 1.807) is 11.8 Å². The van der Waals surface area contributed by atoms with Crippen LogP contribution < -0.4 is 10.6 Å². The third-order valence-electron chi connectivity index (χ3n) is 4.45. The monoisotopic (exact) mass is 363 g/mol. The van der Waals surface area contributed by atoms with Crippen molar-refractivity contribution in [2.24, 2.45) is 0 Å². The second-order valence-electron chi connectivity index (χ2n) is 6.59. The van der Waals surface area contributed by atoms with Gasteiger partial charge < -0.3 is 15.5 Å². The fraction of sp³-hybridized carbons (Fsp3) is 0.579. The lowest BCUT2D eigenvalue weighted by molar-refractivity contribution is -0.130. The smallest absolute Gasteiger partial charge is 0.315 e. The molecule has 2 N–H and O–H groups in total. The van der Waals surface area contributed by atoms with Crippen molar-refractivity contribution in [1.82, 2.24) is 15.5 Å². The van der Waals surface area contributed by atoms with Crippen LogP contribution in [0.1, 0.15) is 36.8 Å². The summed E-state index contributed by atoms with van der Waals surface area (Å²) in [6, 6.07) is 7.99. The summed E-state index contributed by atoms with van der Waals surface area (Å²) in [5.41, 5.74) is 2.29. The SMILES string of the molecule is CSCCC(=O)N1CCCCC(NC(=O)NCc2ccc(C)cc2)C1. The molecule has 1 aromatic carbocycles. The molecule has 1 saturated heterocycles. The first-order valence-electron chi connectivity index (χ1n) is 8.95. The van der Waals surface area contributed by atoms with Gasteiger partial charge in [-0.3, -0.25) is 4.79 Å². The number of rotatable bonds is 6. The Morgan fingerprint density at radius 3 is 2.72 bits per heavy atom. The molecule has 1 fully saturated rings. The molecule has 2 rings (SSSR count). The van der Waals surface area contributed by atoms with E-state index in [1.807, 2.05) is 42.3 Å². The van der Waals surface area contributed by atoms with Crippen molar-refractivity contribution in [2.75, 3.05) is 25.1 Å². The van der Waals surface area contributed by atoms with Gasteiger partial charge in [-0.1, -0.05) is 29.8 Å². The van der Waals surface area contributed by atoms with E-state index in [0.29, 0.717) is 19.5 Å². The van der Waals surface area contributed by atoms with Crippen LogP contribution in [-0.2, 0) is 11.3 Å². The first-order chi connectivity index (χ1) is 12.1. The number of nitrogens with zero attached hydrogens (tertiary/aromatic N) is 1. The van der Waals surface area contributed by atoms with Gasteiger partial charge in [-0.2, -0.15) is 11.8 Å². The van der Waals surface area contributed by atoms with Gasteiger partial charge in [0, 0.05) is 37.8 Å². The fourth-order valence-electron chi connectivity index (χ4n) is 2.96. The molecule has 1 atom stereocenters. The molecule has 0 saturated carbocycles.